The summed E-state index contributed by atoms with van der Waals surface area (Å²) in [5.74, 6) is 0.791. The Bertz CT molecular complexity index is 2650. The number of amides is 4. The molecule has 0 saturated carbocycles. The first-order valence-electron chi connectivity index (χ1n) is 24.3. The van der Waals surface area contributed by atoms with Crippen LogP contribution in [0.3, 0.4) is 0 Å². The van der Waals surface area contributed by atoms with Crippen LogP contribution in [0, 0.1) is 18.8 Å². The van der Waals surface area contributed by atoms with Gasteiger partial charge in [-0.25, -0.2) is 19.6 Å². The van der Waals surface area contributed by atoms with Crippen molar-refractivity contribution in [3.05, 3.63) is 88.0 Å². The van der Waals surface area contributed by atoms with Gasteiger partial charge in [-0.15, -0.1) is 0 Å². The number of nitrogens with one attached hydrogen (secondary N) is 4. The molecule has 3 aromatic carbocycles. The second kappa shape index (κ2) is 18.9. The number of ether oxygens (including phenoxy) is 1. The summed E-state index contributed by atoms with van der Waals surface area (Å²) >= 11 is 0. The average molecular weight is 916 g/mol. The number of hydrogen-bond acceptors (Lipinski definition) is 8. The van der Waals surface area contributed by atoms with Gasteiger partial charge in [-0.1, -0.05) is 79.7 Å². The van der Waals surface area contributed by atoms with Gasteiger partial charge >= 0.3 is 12.2 Å². The quantitative estimate of drug-likeness (QED) is 0.0812. The Hall–Kier alpha value is -6.12. The third-order valence-electron chi connectivity index (χ3n) is 14.6. The zero-order valence-corrected chi connectivity index (χ0v) is 40.8. The number of imidazole rings is 2. The van der Waals surface area contributed by atoms with Gasteiger partial charge in [0.2, 0.25) is 11.8 Å². The lowest BCUT2D eigenvalue weighted by molar-refractivity contribution is -0.136. The van der Waals surface area contributed by atoms with Crippen LogP contribution < -0.4 is 15.5 Å². The molecular formula is C52H69N9O6. The first kappa shape index (κ1) is 47.4. The van der Waals surface area contributed by atoms with Crippen LogP contribution in [0.1, 0.15) is 158 Å². The van der Waals surface area contributed by atoms with Gasteiger partial charge in [0.1, 0.15) is 23.7 Å². The molecule has 0 radical (unpaired) electrons. The molecule has 0 aliphatic carbocycles. The standard InChI is InChI=1S/C52H69N9O6/c1-11-33-35(21-23-37-45(33)56-47(54-37)41-15-13-27-60(41)49(63)43(29(4)5)58-51(66)67-10)39-25-24-38(61(39)32-18-16-31(17-19-32)52(7,8)9)34-20-22-36-44(30(34)6)55-46(53-36)40-14-12-26-59(40)48(62)42(28(2)3)57-50(64)65/h16-23,28-29,38-43,57H,11-15,24-27H2,1-10H3,(H,53,55)(H,54,56)(H,58,66)(H,64,65)/t38-,39+,40+,41+,42+,43+/m1/s1. The van der Waals surface area contributed by atoms with Crippen LogP contribution in [-0.4, -0.2) is 91.1 Å². The lowest BCUT2D eigenvalue weighted by Gasteiger charge is -2.35. The Balaban J connectivity index is 1.15. The van der Waals surface area contributed by atoms with Gasteiger partial charge in [0.25, 0.3) is 0 Å². The molecule has 3 aliphatic rings. The molecule has 5 aromatic rings. The fourth-order valence-corrected chi connectivity index (χ4v) is 11.0. The zero-order valence-electron chi connectivity index (χ0n) is 40.8. The fourth-order valence-electron chi connectivity index (χ4n) is 11.0. The number of aromatic nitrogens is 4. The monoisotopic (exact) mass is 916 g/mol. The topological polar surface area (TPSA) is 189 Å². The van der Waals surface area contributed by atoms with Gasteiger partial charge in [-0.3, -0.25) is 9.59 Å². The van der Waals surface area contributed by atoms with E-state index >= 15 is 0 Å². The first-order chi connectivity index (χ1) is 31.9. The molecule has 3 fully saturated rings. The first-order valence-corrected chi connectivity index (χ1v) is 24.3. The second-order valence-electron chi connectivity index (χ2n) is 20.5. The predicted molar refractivity (Wildman–Crippen MR) is 260 cm³/mol. The third kappa shape index (κ3) is 9.05. The number of hydrogen-bond donors (Lipinski definition) is 5. The maximum Gasteiger partial charge on any atom is 0.407 e. The van der Waals surface area contributed by atoms with Crippen LogP contribution in [0.5, 0.6) is 0 Å². The number of benzene rings is 3. The van der Waals surface area contributed by atoms with Gasteiger partial charge < -0.3 is 45.1 Å². The van der Waals surface area contributed by atoms with E-state index in [0.29, 0.717) is 13.1 Å². The summed E-state index contributed by atoms with van der Waals surface area (Å²) in [6.07, 6.45) is 3.92. The maximum absolute atomic E-state index is 14.0. The van der Waals surface area contributed by atoms with Crippen LogP contribution in [0.25, 0.3) is 22.1 Å². The lowest BCUT2D eigenvalue weighted by atomic mass is 9.87. The maximum atomic E-state index is 14.0. The fraction of sp³-hybridized carbons (Fsp3) is 0.538. The average Bonchev–Trinajstić information content (AvgIpc) is 4.15. The summed E-state index contributed by atoms with van der Waals surface area (Å²) in [5.41, 5.74) is 10.8. The van der Waals surface area contributed by atoms with Crippen molar-refractivity contribution >= 4 is 51.8 Å². The van der Waals surface area contributed by atoms with Crippen LogP contribution >= 0.6 is 0 Å². The molecule has 4 amide bonds. The molecule has 0 spiro atoms. The van der Waals surface area contributed by atoms with Crippen molar-refractivity contribution in [2.24, 2.45) is 11.8 Å². The highest BCUT2D eigenvalue weighted by atomic mass is 16.5. The van der Waals surface area contributed by atoms with Gasteiger partial charge in [0.15, 0.2) is 0 Å². The number of anilines is 1. The highest BCUT2D eigenvalue weighted by molar-refractivity contribution is 5.88. The van der Waals surface area contributed by atoms with E-state index in [1.807, 2.05) is 32.6 Å². The molecule has 5 heterocycles. The van der Waals surface area contributed by atoms with E-state index < -0.39 is 24.3 Å². The van der Waals surface area contributed by atoms with Crippen molar-refractivity contribution < 1.29 is 29.0 Å². The van der Waals surface area contributed by atoms with Gasteiger partial charge in [0, 0.05) is 18.8 Å². The molecule has 15 heteroatoms. The Morgan fingerprint density at radius 2 is 1.24 bits per heavy atom. The third-order valence-corrected chi connectivity index (χ3v) is 14.6. The highest BCUT2D eigenvalue weighted by Gasteiger charge is 2.41. The molecule has 2 aromatic heterocycles. The Labute approximate surface area is 393 Å². The molecule has 5 N–H and O–H groups in total. The SMILES string of the molecule is CCc1c([C@@H]2CC[C@H](c3ccc4[nH]c([C@@H]5CCCN5C(=O)[C@@H](NC(=O)O)C(C)C)nc4c3C)N2c2ccc(C(C)(C)C)cc2)ccc2[nH]c([C@@H]3CCCN3C(=O)[C@@H](NC(=O)OC)C(C)C)nc12. The number of rotatable bonds is 12. The van der Waals surface area contributed by atoms with Gasteiger partial charge in [-0.2, -0.15) is 0 Å². The number of carboxylic acid groups (broad SMARTS) is 1. The summed E-state index contributed by atoms with van der Waals surface area (Å²) < 4.78 is 4.86. The number of alkyl carbamates (subject to hydrolysis) is 1. The van der Waals surface area contributed by atoms with Crippen molar-refractivity contribution in [1.82, 2.24) is 40.4 Å². The molecule has 15 nitrogen and oxygen atoms in total. The van der Waals surface area contributed by atoms with Crippen LogP contribution in [0.4, 0.5) is 15.3 Å². The highest BCUT2D eigenvalue weighted by Crippen LogP contribution is 2.50. The van der Waals surface area contributed by atoms with Crippen molar-refractivity contribution in [1.29, 1.82) is 0 Å². The predicted octanol–water partition coefficient (Wildman–Crippen LogP) is 9.69. The molecule has 358 valence electrons. The summed E-state index contributed by atoms with van der Waals surface area (Å²) in [7, 11) is 1.31. The van der Waals surface area contributed by atoms with Crippen molar-refractivity contribution in [3.63, 3.8) is 0 Å². The van der Waals surface area contributed by atoms with E-state index in [2.05, 4.69) is 109 Å². The number of aryl methyl sites for hydroxylation is 2. The molecule has 6 atom stereocenters. The van der Waals surface area contributed by atoms with E-state index in [-0.39, 0.29) is 53.2 Å². The molecule has 3 aliphatic heterocycles. The normalized spacial score (nSPS) is 20.9. The van der Waals surface area contributed by atoms with Crippen molar-refractivity contribution in [2.45, 2.75) is 149 Å². The van der Waals surface area contributed by atoms with Gasteiger partial charge in [-0.05, 0) is 121 Å². The Morgan fingerprint density at radius 3 is 1.75 bits per heavy atom. The summed E-state index contributed by atoms with van der Waals surface area (Å²) in [6.45, 7) is 19.7. The lowest BCUT2D eigenvalue weighted by Crippen LogP contribution is -2.51. The Kier molecular flexibility index (Phi) is 13.3. The molecule has 3 saturated heterocycles. The smallest absolute Gasteiger partial charge is 0.407 e. The van der Waals surface area contributed by atoms with Gasteiger partial charge in [0.05, 0.1) is 53.3 Å². The number of likely N-dealkylation sites (tertiary alicyclic amines) is 2. The summed E-state index contributed by atoms with van der Waals surface area (Å²) in [5, 5.41) is 14.7. The summed E-state index contributed by atoms with van der Waals surface area (Å²) in [4.78, 5) is 75.7. The minimum atomic E-state index is -1.21. The number of H-pyrrole nitrogens is 2. The number of carbonyl (C=O) groups is 4. The van der Waals surface area contributed by atoms with E-state index in [4.69, 9.17) is 14.7 Å². The van der Waals surface area contributed by atoms with Crippen molar-refractivity contribution in [2.75, 3.05) is 25.1 Å². The Morgan fingerprint density at radius 1 is 0.731 bits per heavy atom. The number of methoxy groups -OCH3 is 1. The number of fused-ring (bicyclic) bond motifs is 2. The van der Waals surface area contributed by atoms with E-state index in [1.54, 1.807) is 4.90 Å². The minimum Gasteiger partial charge on any atom is -0.465 e. The van der Waals surface area contributed by atoms with E-state index in [0.717, 1.165) is 89.9 Å². The number of carbonyl (C=O) groups excluding carboxylic acids is 3. The molecule has 0 bridgehead atoms. The largest absolute Gasteiger partial charge is 0.465 e. The van der Waals surface area contributed by atoms with Crippen LogP contribution in [-0.2, 0) is 26.2 Å². The molecular weight excluding hydrogens is 847 g/mol. The molecule has 0 unspecified atom stereocenters. The zero-order chi connectivity index (χ0) is 48.1. The minimum absolute atomic E-state index is 0.00521. The number of nitrogens with zero attached hydrogens (tertiary/aromatic N) is 5. The van der Waals surface area contributed by atoms with E-state index in [1.165, 1.54) is 29.4 Å². The van der Waals surface area contributed by atoms with Crippen LogP contribution in [0.15, 0.2) is 48.5 Å². The van der Waals surface area contributed by atoms with Crippen molar-refractivity contribution in [3.8, 4) is 0 Å². The number of aromatic amines is 2. The second-order valence-corrected chi connectivity index (χ2v) is 20.5. The summed E-state index contributed by atoms with van der Waals surface area (Å²) in [6, 6.07) is 15.8. The van der Waals surface area contributed by atoms with E-state index in [9.17, 15) is 24.3 Å². The molecule has 8 rings (SSSR count). The van der Waals surface area contributed by atoms with Crippen LogP contribution in [0.2, 0.25) is 0 Å². The molecule has 67 heavy (non-hydrogen) atoms.